The van der Waals surface area contributed by atoms with Gasteiger partial charge in [0.05, 0.1) is 17.7 Å². The Bertz CT molecular complexity index is 1070. The van der Waals surface area contributed by atoms with E-state index in [1.165, 1.54) is 6.92 Å². The summed E-state index contributed by atoms with van der Waals surface area (Å²) in [4.78, 5) is 11.1. The number of carbonyl (C=O) groups excluding carboxylic acids is 1. The smallest absolute Gasteiger partial charge is 0.308 e. The van der Waals surface area contributed by atoms with Gasteiger partial charge < -0.3 is 14.2 Å². The number of fused-ring (bicyclic) bond motifs is 1. The SMILES string of the molecule is CCCOc1c(Br)ccc2c(OCCC)c(/C=C/c3ccc(OC(C)=O)cc3)ccc12. The monoisotopic (exact) mass is 482 g/mol. The lowest BCUT2D eigenvalue weighted by Gasteiger charge is -2.16. The van der Waals surface area contributed by atoms with Crippen LogP contribution in [0.1, 0.15) is 44.7 Å². The van der Waals surface area contributed by atoms with Gasteiger partial charge in [-0.25, -0.2) is 0 Å². The summed E-state index contributed by atoms with van der Waals surface area (Å²) in [6.07, 6.45) is 5.93. The van der Waals surface area contributed by atoms with Crippen LogP contribution >= 0.6 is 15.9 Å². The predicted octanol–water partition coefficient (Wildman–Crippen LogP) is 7.28. The van der Waals surface area contributed by atoms with Gasteiger partial charge in [0, 0.05) is 23.3 Å². The topological polar surface area (TPSA) is 44.8 Å². The molecule has 0 spiro atoms. The maximum Gasteiger partial charge on any atom is 0.308 e. The van der Waals surface area contributed by atoms with Crippen LogP contribution in [0.5, 0.6) is 17.2 Å². The van der Waals surface area contributed by atoms with Crippen LogP contribution in [0.3, 0.4) is 0 Å². The Kier molecular flexibility index (Phi) is 8.13. The molecule has 3 aromatic rings. The molecule has 4 nitrogen and oxygen atoms in total. The normalized spacial score (nSPS) is 11.1. The molecule has 0 fully saturated rings. The largest absolute Gasteiger partial charge is 0.492 e. The van der Waals surface area contributed by atoms with Crippen LogP contribution < -0.4 is 14.2 Å². The van der Waals surface area contributed by atoms with E-state index in [0.717, 1.165) is 50.7 Å². The lowest BCUT2D eigenvalue weighted by molar-refractivity contribution is -0.131. The first-order chi connectivity index (χ1) is 15.0. The van der Waals surface area contributed by atoms with Crippen molar-refractivity contribution in [3.05, 3.63) is 64.1 Å². The standard InChI is InChI=1S/C26H27BrO4/c1-4-16-29-25-20(9-6-19-7-11-21(12-8-19)31-18(3)28)10-13-23-22(25)14-15-24(27)26(23)30-17-5-2/h6-15H,4-5,16-17H2,1-3H3/b9-6+. The van der Waals surface area contributed by atoms with Gasteiger partial charge in [-0.05, 0) is 64.7 Å². The molecule has 0 saturated heterocycles. The molecule has 0 atom stereocenters. The molecule has 0 aliphatic rings. The first-order valence-corrected chi connectivity index (χ1v) is 11.3. The zero-order valence-corrected chi connectivity index (χ0v) is 19.7. The van der Waals surface area contributed by atoms with E-state index < -0.39 is 0 Å². The molecule has 0 heterocycles. The first kappa shape index (κ1) is 22.9. The van der Waals surface area contributed by atoms with Crippen molar-refractivity contribution in [2.75, 3.05) is 13.2 Å². The lowest BCUT2D eigenvalue weighted by Crippen LogP contribution is -2.01. The number of halogens is 1. The number of esters is 1. The van der Waals surface area contributed by atoms with Gasteiger partial charge >= 0.3 is 5.97 Å². The number of ether oxygens (including phenoxy) is 3. The van der Waals surface area contributed by atoms with Crippen molar-refractivity contribution in [3.63, 3.8) is 0 Å². The van der Waals surface area contributed by atoms with Gasteiger partial charge in [0.1, 0.15) is 17.2 Å². The van der Waals surface area contributed by atoms with E-state index in [-0.39, 0.29) is 5.97 Å². The van der Waals surface area contributed by atoms with E-state index in [4.69, 9.17) is 14.2 Å². The highest BCUT2D eigenvalue weighted by Gasteiger charge is 2.14. The Morgan fingerprint density at radius 1 is 0.839 bits per heavy atom. The van der Waals surface area contributed by atoms with E-state index in [1.807, 2.05) is 30.4 Å². The molecule has 0 unspecified atom stereocenters. The van der Waals surface area contributed by atoms with E-state index in [9.17, 15) is 4.79 Å². The van der Waals surface area contributed by atoms with Gasteiger partial charge in [0.2, 0.25) is 0 Å². The highest BCUT2D eigenvalue weighted by atomic mass is 79.9. The zero-order chi connectivity index (χ0) is 22.2. The Hall–Kier alpha value is -2.79. The first-order valence-electron chi connectivity index (χ1n) is 10.5. The third kappa shape index (κ3) is 5.88. The average Bonchev–Trinajstić information content (AvgIpc) is 2.76. The summed E-state index contributed by atoms with van der Waals surface area (Å²) in [5.74, 6) is 1.90. The fourth-order valence-corrected chi connectivity index (χ4v) is 3.65. The van der Waals surface area contributed by atoms with Crippen molar-refractivity contribution < 1.29 is 19.0 Å². The van der Waals surface area contributed by atoms with Crippen LogP contribution in [-0.4, -0.2) is 19.2 Å². The third-order valence-electron chi connectivity index (χ3n) is 4.58. The van der Waals surface area contributed by atoms with Crippen molar-refractivity contribution in [2.24, 2.45) is 0 Å². The molecule has 162 valence electrons. The molecule has 31 heavy (non-hydrogen) atoms. The summed E-state index contributed by atoms with van der Waals surface area (Å²) in [6, 6.07) is 15.6. The van der Waals surface area contributed by atoms with Gasteiger partial charge in [0.15, 0.2) is 0 Å². The molecule has 0 aromatic heterocycles. The summed E-state index contributed by atoms with van der Waals surface area (Å²) in [5, 5.41) is 2.05. The quantitative estimate of drug-likeness (QED) is 0.182. The van der Waals surface area contributed by atoms with Crippen LogP contribution in [0.15, 0.2) is 53.0 Å². The van der Waals surface area contributed by atoms with Crippen molar-refractivity contribution in [1.29, 1.82) is 0 Å². The van der Waals surface area contributed by atoms with Crippen LogP contribution in [0, 0.1) is 0 Å². The molecule has 0 N–H and O–H groups in total. The Morgan fingerprint density at radius 3 is 2.10 bits per heavy atom. The van der Waals surface area contributed by atoms with Gasteiger partial charge in [-0.3, -0.25) is 4.79 Å². The van der Waals surface area contributed by atoms with Crippen LogP contribution in [0.2, 0.25) is 0 Å². The lowest BCUT2D eigenvalue weighted by atomic mass is 10.0. The summed E-state index contributed by atoms with van der Waals surface area (Å²) in [5.41, 5.74) is 1.99. The van der Waals surface area contributed by atoms with Crippen molar-refractivity contribution in [3.8, 4) is 17.2 Å². The molecule has 3 aromatic carbocycles. The van der Waals surface area contributed by atoms with Crippen molar-refractivity contribution in [2.45, 2.75) is 33.6 Å². The second kappa shape index (κ2) is 11.0. The number of hydrogen-bond donors (Lipinski definition) is 0. The summed E-state index contributed by atoms with van der Waals surface area (Å²) in [6.45, 7) is 6.88. The molecule has 0 amide bonds. The third-order valence-corrected chi connectivity index (χ3v) is 5.21. The number of rotatable bonds is 9. The Morgan fingerprint density at radius 2 is 1.45 bits per heavy atom. The summed E-state index contributed by atoms with van der Waals surface area (Å²) >= 11 is 3.61. The second-order valence-corrected chi connectivity index (χ2v) is 8.00. The molecular formula is C26H27BrO4. The fraction of sp³-hybridized carbons (Fsp3) is 0.269. The Labute approximate surface area is 191 Å². The van der Waals surface area contributed by atoms with Gasteiger partial charge in [0.25, 0.3) is 0 Å². The number of carbonyl (C=O) groups is 1. The predicted molar refractivity (Wildman–Crippen MR) is 130 cm³/mol. The maximum atomic E-state index is 11.1. The molecule has 0 radical (unpaired) electrons. The molecule has 0 aliphatic carbocycles. The van der Waals surface area contributed by atoms with Crippen molar-refractivity contribution >= 4 is 44.8 Å². The number of benzene rings is 3. The molecule has 3 rings (SSSR count). The molecule has 0 bridgehead atoms. The summed E-state index contributed by atoms with van der Waals surface area (Å²) < 4.78 is 18.2. The van der Waals surface area contributed by atoms with E-state index in [2.05, 4.69) is 48.0 Å². The highest BCUT2D eigenvalue weighted by Crippen LogP contribution is 2.40. The van der Waals surface area contributed by atoms with E-state index in [0.29, 0.717) is 19.0 Å². The fourth-order valence-electron chi connectivity index (χ4n) is 3.19. The highest BCUT2D eigenvalue weighted by molar-refractivity contribution is 9.10. The van der Waals surface area contributed by atoms with Crippen LogP contribution in [0.4, 0.5) is 0 Å². The Balaban J connectivity index is 1.98. The average molecular weight is 483 g/mol. The number of hydrogen-bond acceptors (Lipinski definition) is 4. The van der Waals surface area contributed by atoms with Gasteiger partial charge in [-0.2, -0.15) is 0 Å². The van der Waals surface area contributed by atoms with E-state index >= 15 is 0 Å². The summed E-state index contributed by atoms with van der Waals surface area (Å²) in [7, 11) is 0. The van der Waals surface area contributed by atoms with Gasteiger partial charge in [-0.15, -0.1) is 0 Å². The van der Waals surface area contributed by atoms with Crippen molar-refractivity contribution in [1.82, 2.24) is 0 Å². The molecule has 0 aliphatic heterocycles. The molecule has 5 heteroatoms. The molecular weight excluding hydrogens is 456 g/mol. The van der Waals surface area contributed by atoms with E-state index in [1.54, 1.807) is 12.1 Å². The minimum absolute atomic E-state index is 0.328. The minimum atomic E-state index is -0.328. The van der Waals surface area contributed by atoms with Crippen LogP contribution in [-0.2, 0) is 4.79 Å². The van der Waals surface area contributed by atoms with Crippen LogP contribution in [0.25, 0.3) is 22.9 Å². The second-order valence-electron chi connectivity index (χ2n) is 7.15. The maximum absolute atomic E-state index is 11.1. The van der Waals surface area contributed by atoms with Gasteiger partial charge in [-0.1, -0.05) is 44.2 Å². The zero-order valence-electron chi connectivity index (χ0n) is 18.1. The molecule has 0 saturated carbocycles. The minimum Gasteiger partial charge on any atom is -0.492 e.